The van der Waals surface area contributed by atoms with Gasteiger partial charge in [0.05, 0.1) is 14.7 Å². The number of hydrogen-bond acceptors (Lipinski definition) is 2. The minimum Gasteiger partial charge on any atom is -0.466 e. The summed E-state index contributed by atoms with van der Waals surface area (Å²) in [5.41, 5.74) is 1.25. The SMILES string of the molecule is CCOC(=O)C[Si](C)(C)c1cccc(C)c1. The zero-order chi connectivity index (χ0) is 12.2. The predicted molar refractivity (Wildman–Crippen MR) is 69.7 cm³/mol. The number of carbonyl (C=O) groups excluding carboxylic acids is 1. The van der Waals surface area contributed by atoms with Crippen molar-refractivity contribution >= 4 is 19.2 Å². The molecule has 0 unspecified atom stereocenters. The first-order chi connectivity index (χ1) is 7.45. The van der Waals surface area contributed by atoms with Gasteiger partial charge in [-0.05, 0) is 13.8 Å². The van der Waals surface area contributed by atoms with Crippen molar-refractivity contribution in [3.8, 4) is 0 Å². The Kier molecular flexibility index (Phi) is 4.30. The van der Waals surface area contributed by atoms with Gasteiger partial charge in [-0.1, -0.05) is 48.1 Å². The van der Waals surface area contributed by atoms with Crippen molar-refractivity contribution in [1.82, 2.24) is 0 Å². The van der Waals surface area contributed by atoms with Crippen molar-refractivity contribution in [2.24, 2.45) is 0 Å². The fraction of sp³-hybridized carbons (Fsp3) is 0.462. The molecule has 0 aliphatic heterocycles. The van der Waals surface area contributed by atoms with Gasteiger partial charge < -0.3 is 4.74 Å². The Bertz CT molecular complexity index is 372. The van der Waals surface area contributed by atoms with Crippen LogP contribution in [0.5, 0.6) is 0 Å². The predicted octanol–water partition coefficient (Wildman–Crippen LogP) is 2.47. The molecule has 0 heterocycles. The van der Waals surface area contributed by atoms with E-state index in [1.807, 2.05) is 6.92 Å². The fourth-order valence-corrected chi connectivity index (χ4v) is 3.93. The van der Waals surface area contributed by atoms with E-state index < -0.39 is 8.07 Å². The molecule has 0 saturated heterocycles. The second-order valence-electron chi connectivity index (χ2n) is 4.74. The van der Waals surface area contributed by atoms with Gasteiger partial charge in [0.1, 0.15) is 0 Å². The highest BCUT2D eigenvalue weighted by Crippen LogP contribution is 2.11. The summed E-state index contributed by atoms with van der Waals surface area (Å²) in [6.07, 6.45) is 0. The number of benzene rings is 1. The maximum absolute atomic E-state index is 11.5. The third-order valence-corrected chi connectivity index (χ3v) is 5.74. The summed E-state index contributed by atoms with van der Waals surface area (Å²) >= 11 is 0. The van der Waals surface area contributed by atoms with E-state index in [2.05, 4.69) is 44.3 Å². The molecule has 0 aliphatic rings. The average Bonchev–Trinajstić information content (AvgIpc) is 2.17. The van der Waals surface area contributed by atoms with Crippen LogP contribution in [0.3, 0.4) is 0 Å². The van der Waals surface area contributed by atoms with Crippen LogP contribution in [0.1, 0.15) is 12.5 Å². The maximum atomic E-state index is 11.5. The van der Waals surface area contributed by atoms with Crippen molar-refractivity contribution in [2.75, 3.05) is 6.61 Å². The summed E-state index contributed by atoms with van der Waals surface area (Å²) in [7, 11) is -1.69. The summed E-state index contributed by atoms with van der Waals surface area (Å²) in [6, 6.07) is 9.01. The van der Waals surface area contributed by atoms with E-state index in [1.165, 1.54) is 10.8 Å². The Morgan fingerprint density at radius 1 is 1.38 bits per heavy atom. The first-order valence-electron chi connectivity index (χ1n) is 5.68. The third-order valence-electron chi connectivity index (χ3n) is 2.69. The number of hydrogen-bond donors (Lipinski definition) is 0. The van der Waals surface area contributed by atoms with Crippen LogP contribution in [0.4, 0.5) is 0 Å². The van der Waals surface area contributed by atoms with Gasteiger partial charge in [0.15, 0.2) is 0 Å². The van der Waals surface area contributed by atoms with Crippen molar-refractivity contribution < 1.29 is 9.53 Å². The molecule has 88 valence electrons. The normalized spacial score (nSPS) is 11.2. The van der Waals surface area contributed by atoms with E-state index >= 15 is 0 Å². The van der Waals surface area contributed by atoms with E-state index in [4.69, 9.17) is 4.74 Å². The van der Waals surface area contributed by atoms with E-state index in [9.17, 15) is 4.79 Å². The Labute approximate surface area is 98.6 Å². The van der Waals surface area contributed by atoms with Gasteiger partial charge >= 0.3 is 5.97 Å². The molecule has 0 saturated carbocycles. The Morgan fingerprint density at radius 3 is 2.62 bits per heavy atom. The second kappa shape index (κ2) is 5.30. The van der Waals surface area contributed by atoms with Crippen LogP contribution in [-0.4, -0.2) is 20.7 Å². The molecule has 1 aromatic rings. The molecule has 16 heavy (non-hydrogen) atoms. The molecule has 1 rings (SSSR count). The number of rotatable bonds is 4. The van der Waals surface area contributed by atoms with Gasteiger partial charge in [0.25, 0.3) is 0 Å². The van der Waals surface area contributed by atoms with Crippen LogP contribution in [0.15, 0.2) is 24.3 Å². The monoisotopic (exact) mass is 236 g/mol. The molecule has 2 nitrogen and oxygen atoms in total. The molecule has 0 aromatic heterocycles. The van der Waals surface area contributed by atoms with Gasteiger partial charge in [0.2, 0.25) is 0 Å². The Morgan fingerprint density at radius 2 is 2.06 bits per heavy atom. The average molecular weight is 236 g/mol. The number of esters is 1. The molecule has 0 N–H and O–H groups in total. The highest BCUT2D eigenvalue weighted by atomic mass is 28.3. The Hall–Kier alpha value is -1.09. The maximum Gasteiger partial charge on any atom is 0.303 e. The molecule has 0 spiro atoms. The van der Waals surface area contributed by atoms with Gasteiger partial charge in [0, 0.05) is 6.04 Å². The molecule has 0 fully saturated rings. The van der Waals surface area contributed by atoms with Gasteiger partial charge in [-0.15, -0.1) is 0 Å². The number of carbonyl (C=O) groups is 1. The van der Waals surface area contributed by atoms with Crippen LogP contribution in [0.25, 0.3) is 0 Å². The van der Waals surface area contributed by atoms with E-state index in [-0.39, 0.29) is 5.97 Å². The number of aryl methyl sites for hydroxylation is 1. The lowest BCUT2D eigenvalue weighted by molar-refractivity contribution is -0.140. The van der Waals surface area contributed by atoms with Gasteiger partial charge in [-0.3, -0.25) is 4.79 Å². The standard InChI is InChI=1S/C13H20O2Si/c1-5-15-13(14)10-16(3,4)12-8-6-7-11(2)9-12/h6-9H,5,10H2,1-4H3. The molecule has 0 atom stereocenters. The zero-order valence-electron chi connectivity index (χ0n) is 10.5. The zero-order valence-corrected chi connectivity index (χ0v) is 11.5. The lowest BCUT2D eigenvalue weighted by Gasteiger charge is -2.22. The highest BCUT2D eigenvalue weighted by Gasteiger charge is 2.27. The summed E-state index contributed by atoms with van der Waals surface area (Å²) in [5.74, 6) is -0.0688. The molecular weight excluding hydrogens is 216 g/mol. The summed E-state index contributed by atoms with van der Waals surface area (Å²) in [4.78, 5) is 11.5. The lowest BCUT2D eigenvalue weighted by atomic mass is 10.2. The molecule has 0 bridgehead atoms. The summed E-state index contributed by atoms with van der Waals surface area (Å²) in [5, 5.41) is 1.32. The summed E-state index contributed by atoms with van der Waals surface area (Å²) < 4.78 is 5.03. The first kappa shape index (κ1) is 13.0. The number of ether oxygens (including phenoxy) is 1. The Balaban J connectivity index is 2.81. The molecule has 1 aromatic carbocycles. The van der Waals surface area contributed by atoms with Gasteiger partial charge in [-0.25, -0.2) is 0 Å². The molecule has 0 amide bonds. The van der Waals surface area contributed by atoms with Crippen LogP contribution < -0.4 is 5.19 Å². The van der Waals surface area contributed by atoms with Crippen LogP contribution in [0, 0.1) is 6.92 Å². The minimum absolute atomic E-state index is 0.0688. The van der Waals surface area contributed by atoms with Crippen molar-refractivity contribution in [3.63, 3.8) is 0 Å². The van der Waals surface area contributed by atoms with Crippen molar-refractivity contribution in [3.05, 3.63) is 29.8 Å². The summed E-state index contributed by atoms with van der Waals surface area (Å²) in [6.45, 7) is 8.81. The molecule has 3 heteroatoms. The largest absolute Gasteiger partial charge is 0.466 e. The first-order valence-corrected chi connectivity index (χ1v) is 8.89. The fourth-order valence-electron chi connectivity index (χ4n) is 1.74. The lowest BCUT2D eigenvalue weighted by Crippen LogP contribution is -2.43. The molecule has 0 radical (unpaired) electrons. The molecule has 0 aliphatic carbocycles. The van der Waals surface area contributed by atoms with Crippen molar-refractivity contribution in [2.45, 2.75) is 33.0 Å². The van der Waals surface area contributed by atoms with E-state index in [0.29, 0.717) is 12.7 Å². The van der Waals surface area contributed by atoms with E-state index in [0.717, 1.165) is 0 Å². The smallest absolute Gasteiger partial charge is 0.303 e. The topological polar surface area (TPSA) is 26.3 Å². The third kappa shape index (κ3) is 3.49. The minimum atomic E-state index is -1.69. The van der Waals surface area contributed by atoms with Crippen LogP contribution in [0.2, 0.25) is 19.1 Å². The van der Waals surface area contributed by atoms with E-state index in [1.54, 1.807) is 0 Å². The van der Waals surface area contributed by atoms with Crippen molar-refractivity contribution in [1.29, 1.82) is 0 Å². The van der Waals surface area contributed by atoms with Crippen LogP contribution in [-0.2, 0) is 9.53 Å². The van der Waals surface area contributed by atoms with Crippen LogP contribution >= 0.6 is 0 Å². The second-order valence-corrected chi connectivity index (χ2v) is 9.43. The quantitative estimate of drug-likeness (QED) is 0.593. The van der Waals surface area contributed by atoms with Gasteiger partial charge in [-0.2, -0.15) is 0 Å². The highest BCUT2D eigenvalue weighted by molar-refractivity contribution is 6.91. The molecular formula is C13H20O2Si.